The van der Waals surface area contributed by atoms with E-state index in [0.717, 1.165) is 16.8 Å². The Hall–Kier alpha value is -4.24. The molecule has 0 bridgehead atoms. The highest BCUT2D eigenvalue weighted by Gasteiger charge is 2.36. The summed E-state index contributed by atoms with van der Waals surface area (Å²) in [7, 11) is 0. The number of likely N-dealkylation sites (tertiary alicyclic amines) is 1. The molecule has 0 unspecified atom stereocenters. The Kier molecular flexibility index (Phi) is 7.26. The summed E-state index contributed by atoms with van der Waals surface area (Å²) in [6, 6.07) is 10.7. The van der Waals surface area contributed by atoms with Gasteiger partial charge in [-0.05, 0) is 30.3 Å². The van der Waals surface area contributed by atoms with Gasteiger partial charge in [-0.25, -0.2) is 22.8 Å². The zero-order chi connectivity index (χ0) is 26.7. The van der Waals surface area contributed by atoms with Gasteiger partial charge in [0.1, 0.15) is 29.9 Å². The van der Waals surface area contributed by atoms with E-state index in [1.54, 1.807) is 6.07 Å². The molecule has 1 aliphatic rings. The number of benzene rings is 1. The quantitative estimate of drug-likeness (QED) is 0.539. The number of nitrogens with one attached hydrogen (secondary N) is 1. The molecule has 2 amide bonds. The predicted molar refractivity (Wildman–Crippen MR) is 127 cm³/mol. The molecule has 0 aliphatic carbocycles. The van der Waals surface area contributed by atoms with Crippen LogP contribution in [0.5, 0.6) is 0 Å². The summed E-state index contributed by atoms with van der Waals surface area (Å²) in [5.41, 5.74) is -0.241. The fourth-order valence-corrected chi connectivity index (χ4v) is 3.80. The number of halogens is 4. The molecule has 4 rings (SSSR count). The number of pyridine rings is 1. The number of nitriles is 1. The van der Waals surface area contributed by atoms with Gasteiger partial charge in [-0.3, -0.25) is 14.4 Å². The van der Waals surface area contributed by atoms with Crippen LogP contribution in [0.4, 0.5) is 19.0 Å². The number of aromatic nitrogens is 3. The minimum absolute atomic E-state index is 0.00544. The van der Waals surface area contributed by atoms with Crippen LogP contribution >= 0.6 is 11.6 Å². The smallest absolute Gasteiger partial charge is 0.267 e. The number of alkyl halides is 2. The molecule has 0 atom stereocenters. The van der Waals surface area contributed by atoms with E-state index in [2.05, 4.69) is 15.4 Å². The van der Waals surface area contributed by atoms with Gasteiger partial charge < -0.3 is 10.2 Å². The molecule has 1 fully saturated rings. The standard InChI is InChI=1S/C24H18ClF3N6O3/c25-17-2-1-14(10-18(17)26)19-3-4-22(36)34(32-19)13-21(35)31-20-11-15(9-16(12-29)30-20)23(37)33-7-5-24(27,28)6-8-33/h1-4,9-11H,5-8,13H2,(H,30,31,35). The highest BCUT2D eigenvalue weighted by Crippen LogP contribution is 2.28. The molecule has 1 saturated heterocycles. The van der Waals surface area contributed by atoms with Crippen LogP contribution in [0.1, 0.15) is 28.9 Å². The Morgan fingerprint density at radius 3 is 2.54 bits per heavy atom. The monoisotopic (exact) mass is 530 g/mol. The molecule has 13 heteroatoms. The normalized spacial score (nSPS) is 14.6. The maximum absolute atomic E-state index is 13.8. The molecule has 9 nitrogen and oxygen atoms in total. The fourth-order valence-electron chi connectivity index (χ4n) is 3.68. The number of carbonyl (C=O) groups is 2. The third-order valence-corrected chi connectivity index (χ3v) is 5.92. The lowest BCUT2D eigenvalue weighted by atomic mass is 10.1. The molecule has 1 N–H and O–H groups in total. The maximum atomic E-state index is 13.8. The SMILES string of the molecule is N#Cc1cc(C(=O)N2CCC(F)(F)CC2)cc(NC(=O)Cn2nc(-c3ccc(Cl)c(F)c3)ccc2=O)n1. The lowest BCUT2D eigenvalue weighted by Gasteiger charge is -2.31. The summed E-state index contributed by atoms with van der Waals surface area (Å²) in [6.07, 6.45) is -0.940. The van der Waals surface area contributed by atoms with Gasteiger partial charge in [0.2, 0.25) is 5.91 Å². The van der Waals surface area contributed by atoms with E-state index in [9.17, 15) is 32.8 Å². The molecular weight excluding hydrogens is 513 g/mol. The first-order chi connectivity index (χ1) is 17.5. The molecule has 1 aromatic carbocycles. The van der Waals surface area contributed by atoms with Crippen molar-refractivity contribution in [1.29, 1.82) is 5.26 Å². The summed E-state index contributed by atoms with van der Waals surface area (Å²) in [6.45, 7) is -0.855. The van der Waals surface area contributed by atoms with Crippen molar-refractivity contribution < 1.29 is 22.8 Å². The third kappa shape index (κ3) is 6.13. The fraction of sp³-hybridized carbons (Fsp3) is 0.250. The van der Waals surface area contributed by atoms with Gasteiger partial charge in [0.25, 0.3) is 17.4 Å². The minimum atomic E-state index is -2.84. The summed E-state index contributed by atoms with van der Waals surface area (Å²) in [5, 5.41) is 15.7. The second-order valence-electron chi connectivity index (χ2n) is 8.28. The molecule has 0 saturated carbocycles. The largest absolute Gasteiger partial charge is 0.338 e. The average molecular weight is 531 g/mol. The molecule has 1 aliphatic heterocycles. The van der Waals surface area contributed by atoms with Crippen molar-refractivity contribution in [3.63, 3.8) is 0 Å². The number of rotatable bonds is 5. The molecule has 3 aromatic rings. The second-order valence-corrected chi connectivity index (χ2v) is 8.68. The topological polar surface area (TPSA) is 121 Å². The number of anilines is 1. The van der Waals surface area contributed by atoms with Crippen molar-refractivity contribution in [3.8, 4) is 17.3 Å². The average Bonchev–Trinajstić information content (AvgIpc) is 2.86. The van der Waals surface area contributed by atoms with Gasteiger partial charge in [0.15, 0.2) is 0 Å². The Bertz CT molecular complexity index is 1480. The van der Waals surface area contributed by atoms with Gasteiger partial charge in [-0.15, -0.1) is 0 Å². The Morgan fingerprint density at radius 1 is 1.14 bits per heavy atom. The zero-order valence-corrected chi connectivity index (χ0v) is 19.8. The van der Waals surface area contributed by atoms with Crippen molar-refractivity contribution in [3.05, 3.63) is 74.9 Å². The van der Waals surface area contributed by atoms with Crippen LogP contribution in [0.25, 0.3) is 11.3 Å². The van der Waals surface area contributed by atoms with E-state index >= 15 is 0 Å². The zero-order valence-electron chi connectivity index (χ0n) is 19.0. The van der Waals surface area contributed by atoms with E-state index in [1.807, 2.05) is 0 Å². The molecular formula is C24H18ClF3N6O3. The number of hydrogen-bond acceptors (Lipinski definition) is 6. The first-order valence-electron chi connectivity index (χ1n) is 11.0. The number of carbonyl (C=O) groups excluding carboxylic acids is 2. The van der Waals surface area contributed by atoms with Gasteiger partial charge in [0, 0.05) is 43.1 Å². The lowest BCUT2D eigenvalue weighted by Crippen LogP contribution is -2.42. The van der Waals surface area contributed by atoms with Crippen molar-refractivity contribution in [1.82, 2.24) is 19.7 Å². The van der Waals surface area contributed by atoms with Crippen molar-refractivity contribution >= 4 is 29.2 Å². The summed E-state index contributed by atoms with van der Waals surface area (Å²) < 4.78 is 41.6. The highest BCUT2D eigenvalue weighted by molar-refractivity contribution is 6.30. The molecule has 190 valence electrons. The van der Waals surface area contributed by atoms with E-state index in [0.29, 0.717) is 5.56 Å². The van der Waals surface area contributed by atoms with Crippen LogP contribution in [0.3, 0.4) is 0 Å². The molecule has 37 heavy (non-hydrogen) atoms. The third-order valence-electron chi connectivity index (χ3n) is 5.61. The van der Waals surface area contributed by atoms with Crippen molar-refractivity contribution in [2.75, 3.05) is 18.4 Å². The summed E-state index contributed by atoms with van der Waals surface area (Å²) >= 11 is 5.69. The van der Waals surface area contributed by atoms with Gasteiger partial charge in [0.05, 0.1) is 10.7 Å². The first-order valence-corrected chi connectivity index (χ1v) is 11.4. The molecule has 2 aromatic heterocycles. The van der Waals surface area contributed by atoms with E-state index in [1.165, 1.54) is 35.2 Å². The second kappa shape index (κ2) is 10.4. The van der Waals surface area contributed by atoms with Crippen molar-refractivity contribution in [2.45, 2.75) is 25.3 Å². The van der Waals surface area contributed by atoms with Gasteiger partial charge in [-0.1, -0.05) is 17.7 Å². The number of amides is 2. The number of hydrogen-bond donors (Lipinski definition) is 1. The molecule has 0 radical (unpaired) electrons. The highest BCUT2D eigenvalue weighted by atomic mass is 35.5. The van der Waals surface area contributed by atoms with Crippen LogP contribution in [0, 0.1) is 17.1 Å². The van der Waals surface area contributed by atoms with Crippen LogP contribution in [0.15, 0.2) is 47.3 Å². The van der Waals surface area contributed by atoms with Crippen LogP contribution in [0.2, 0.25) is 5.02 Å². The minimum Gasteiger partial charge on any atom is -0.338 e. The molecule has 0 spiro atoms. The van der Waals surface area contributed by atoms with Crippen LogP contribution in [-0.2, 0) is 11.3 Å². The van der Waals surface area contributed by atoms with Crippen molar-refractivity contribution in [2.24, 2.45) is 0 Å². The van der Waals surface area contributed by atoms with Gasteiger partial charge in [-0.2, -0.15) is 10.4 Å². The van der Waals surface area contributed by atoms with Gasteiger partial charge >= 0.3 is 0 Å². The van der Waals surface area contributed by atoms with E-state index in [4.69, 9.17) is 11.6 Å². The molecule has 3 heterocycles. The lowest BCUT2D eigenvalue weighted by molar-refractivity contribution is -0.117. The number of nitrogens with zero attached hydrogens (tertiary/aromatic N) is 5. The Labute approximate surface area is 213 Å². The summed E-state index contributed by atoms with van der Waals surface area (Å²) in [5.74, 6) is -4.97. The van der Waals surface area contributed by atoms with Crippen LogP contribution < -0.4 is 10.9 Å². The van der Waals surface area contributed by atoms with E-state index < -0.39 is 48.5 Å². The first kappa shape index (κ1) is 25.8. The number of piperidine rings is 1. The van der Waals surface area contributed by atoms with E-state index in [-0.39, 0.29) is 40.9 Å². The Balaban J connectivity index is 1.51. The van der Waals surface area contributed by atoms with Crippen LogP contribution in [-0.4, -0.2) is 50.5 Å². The predicted octanol–water partition coefficient (Wildman–Crippen LogP) is 3.48. The maximum Gasteiger partial charge on any atom is 0.267 e. The Morgan fingerprint density at radius 2 is 1.86 bits per heavy atom. The summed E-state index contributed by atoms with van der Waals surface area (Å²) in [4.78, 5) is 42.9.